The van der Waals surface area contributed by atoms with Crippen molar-refractivity contribution < 1.29 is 9.18 Å². The molecule has 3 aromatic rings. The Bertz CT molecular complexity index is 887. The van der Waals surface area contributed by atoms with Gasteiger partial charge in [-0.2, -0.15) is 0 Å². The lowest BCUT2D eigenvalue weighted by molar-refractivity contribution is 0.0742. The monoisotopic (exact) mass is 351 g/mol. The molecule has 0 aliphatic carbocycles. The van der Waals surface area contributed by atoms with Gasteiger partial charge in [-0.15, -0.1) is 10.2 Å². The average molecular weight is 351 g/mol. The van der Waals surface area contributed by atoms with Crippen molar-refractivity contribution in [3.05, 3.63) is 72.3 Å². The first kappa shape index (κ1) is 16.3. The van der Waals surface area contributed by atoms with Gasteiger partial charge in [-0.25, -0.2) is 4.39 Å². The summed E-state index contributed by atoms with van der Waals surface area (Å²) in [4.78, 5) is 16.2. The largest absolute Gasteiger partial charge is 0.352 e. The van der Waals surface area contributed by atoms with Crippen LogP contribution in [0.1, 0.15) is 10.4 Å². The van der Waals surface area contributed by atoms with Crippen molar-refractivity contribution in [2.24, 2.45) is 0 Å². The Morgan fingerprint density at radius 3 is 2.15 bits per heavy atom. The van der Waals surface area contributed by atoms with Gasteiger partial charge in [0.1, 0.15) is 5.82 Å². The lowest BCUT2D eigenvalue weighted by Gasteiger charge is -2.35. The maximum absolute atomic E-state index is 13.8. The molecule has 0 atom stereocenters. The van der Waals surface area contributed by atoms with E-state index in [0.29, 0.717) is 26.2 Å². The molecule has 1 aliphatic rings. The zero-order valence-electron chi connectivity index (χ0n) is 14.1. The fourth-order valence-electron chi connectivity index (χ4n) is 3.06. The van der Waals surface area contributed by atoms with Crippen molar-refractivity contribution in [3.63, 3.8) is 0 Å². The molecule has 1 aromatic carbocycles. The number of piperazine rings is 1. The Morgan fingerprint density at radius 1 is 0.846 bits per heavy atom. The Hall–Kier alpha value is -3.22. The molecular weight excluding hydrogens is 333 g/mol. The lowest BCUT2D eigenvalue weighted by atomic mass is 10.1. The molecule has 4 rings (SSSR count). The highest BCUT2D eigenvalue weighted by Crippen LogP contribution is 2.17. The molecule has 2 aromatic heterocycles. The quantitative estimate of drug-likeness (QED) is 0.727. The van der Waals surface area contributed by atoms with E-state index in [1.54, 1.807) is 17.0 Å². The number of carbonyl (C=O) groups excluding carboxylic acids is 1. The van der Waals surface area contributed by atoms with Crippen LogP contribution in [0.2, 0.25) is 0 Å². The number of carbonyl (C=O) groups is 1. The molecule has 1 fully saturated rings. The van der Waals surface area contributed by atoms with E-state index in [-0.39, 0.29) is 11.5 Å². The van der Waals surface area contributed by atoms with Crippen molar-refractivity contribution in [2.75, 3.05) is 31.1 Å². The molecule has 0 N–H and O–H groups in total. The molecular formula is C19H18FN5O. The molecule has 0 saturated carbocycles. The summed E-state index contributed by atoms with van der Waals surface area (Å²) in [6, 6.07) is 13.8. The number of nitrogens with zero attached hydrogens (tertiary/aromatic N) is 5. The van der Waals surface area contributed by atoms with Gasteiger partial charge in [0.2, 0.25) is 0 Å². The van der Waals surface area contributed by atoms with Crippen molar-refractivity contribution in [2.45, 2.75) is 0 Å². The highest BCUT2D eigenvalue weighted by molar-refractivity contribution is 5.94. The van der Waals surface area contributed by atoms with E-state index in [0.717, 1.165) is 11.6 Å². The van der Waals surface area contributed by atoms with Gasteiger partial charge < -0.3 is 14.4 Å². The Kier molecular flexibility index (Phi) is 4.35. The zero-order valence-corrected chi connectivity index (χ0v) is 14.1. The second kappa shape index (κ2) is 6.95. The molecule has 1 saturated heterocycles. The Morgan fingerprint density at radius 2 is 1.50 bits per heavy atom. The normalized spacial score (nSPS) is 14.5. The molecule has 0 spiro atoms. The van der Waals surface area contributed by atoms with Crippen LogP contribution >= 0.6 is 0 Å². The fourth-order valence-corrected chi connectivity index (χ4v) is 3.06. The van der Waals surface area contributed by atoms with Crippen LogP contribution in [0.25, 0.3) is 5.82 Å². The maximum atomic E-state index is 13.8. The van der Waals surface area contributed by atoms with Crippen LogP contribution in [0, 0.1) is 5.82 Å². The minimum atomic E-state index is -0.480. The Labute approximate surface area is 150 Å². The van der Waals surface area contributed by atoms with Crippen LogP contribution in [0.4, 0.5) is 10.2 Å². The molecule has 26 heavy (non-hydrogen) atoms. The smallest absolute Gasteiger partial charge is 0.256 e. The summed E-state index contributed by atoms with van der Waals surface area (Å²) in [6.07, 6.45) is 3.83. The van der Waals surface area contributed by atoms with Crippen molar-refractivity contribution in [1.82, 2.24) is 19.7 Å². The molecule has 1 amide bonds. The molecule has 0 unspecified atom stereocenters. The average Bonchev–Trinajstić information content (AvgIpc) is 3.23. The first-order valence-electron chi connectivity index (χ1n) is 8.48. The van der Waals surface area contributed by atoms with E-state index in [2.05, 4.69) is 15.1 Å². The van der Waals surface area contributed by atoms with Crippen molar-refractivity contribution >= 4 is 11.7 Å². The van der Waals surface area contributed by atoms with E-state index < -0.39 is 5.82 Å². The summed E-state index contributed by atoms with van der Waals surface area (Å²) < 4.78 is 15.7. The van der Waals surface area contributed by atoms with Crippen molar-refractivity contribution in [3.8, 4) is 5.82 Å². The highest BCUT2D eigenvalue weighted by atomic mass is 19.1. The van der Waals surface area contributed by atoms with Crippen LogP contribution < -0.4 is 4.90 Å². The standard InChI is InChI=1S/C19H18FN5O/c20-16-6-2-1-5-15(16)19(26)25-13-11-24(12-14-25)18-8-7-17(21-22-18)23-9-3-4-10-23/h1-10H,11-14H2. The minimum absolute atomic E-state index is 0.122. The highest BCUT2D eigenvalue weighted by Gasteiger charge is 2.24. The summed E-state index contributed by atoms with van der Waals surface area (Å²) in [7, 11) is 0. The third-order valence-electron chi connectivity index (χ3n) is 4.50. The van der Waals surface area contributed by atoms with E-state index in [1.807, 2.05) is 41.2 Å². The summed E-state index contributed by atoms with van der Waals surface area (Å²) >= 11 is 0. The van der Waals surface area contributed by atoms with Crippen molar-refractivity contribution in [1.29, 1.82) is 0 Å². The van der Waals surface area contributed by atoms with E-state index in [4.69, 9.17) is 0 Å². The minimum Gasteiger partial charge on any atom is -0.352 e. The number of hydrogen-bond donors (Lipinski definition) is 0. The number of anilines is 1. The van der Waals surface area contributed by atoms with E-state index in [9.17, 15) is 9.18 Å². The molecule has 132 valence electrons. The SMILES string of the molecule is O=C(c1ccccc1F)N1CCN(c2ccc(-n3cccc3)nn2)CC1. The third-order valence-corrected chi connectivity index (χ3v) is 4.50. The van der Waals surface area contributed by atoms with Gasteiger partial charge in [-0.3, -0.25) is 4.79 Å². The van der Waals surface area contributed by atoms with Gasteiger partial charge in [0.05, 0.1) is 5.56 Å². The molecule has 0 bridgehead atoms. The molecule has 0 radical (unpaired) electrons. The van der Waals surface area contributed by atoms with Crippen LogP contribution in [0.5, 0.6) is 0 Å². The lowest BCUT2D eigenvalue weighted by Crippen LogP contribution is -2.49. The maximum Gasteiger partial charge on any atom is 0.256 e. The number of rotatable bonds is 3. The molecule has 7 heteroatoms. The number of benzene rings is 1. The topological polar surface area (TPSA) is 54.3 Å². The van der Waals surface area contributed by atoms with Gasteiger partial charge in [0.15, 0.2) is 11.6 Å². The number of amides is 1. The van der Waals surface area contributed by atoms with Crippen LogP contribution in [-0.4, -0.2) is 51.8 Å². The predicted molar refractivity (Wildman–Crippen MR) is 95.9 cm³/mol. The molecule has 1 aliphatic heterocycles. The van der Waals surface area contributed by atoms with Crippen LogP contribution in [-0.2, 0) is 0 Å². The predicted octanol–water partition coefficient (Wildman–Crippen LogP) is 2.37. The number of aromatic nitrogens is 3. The van der Waals surface area contributed by atoms with Gasteiger partial charge >= 0.3 is 0 Å². The van der Waals surface area contributed by atoms with Crippen LogP contribution in [0.3, 0.4) is 0 Å². The second-order valence-electron chi connectivity index (χ2n) is 6.10. The summed E-state index contributed by atoms with van der Waals surface area (Å²) in [5.74, 6) is 0.786. The summed E-state index contributed by atoms with van der Waals surface area (Å²) in [5.41, 5.74) is 0.122. The zero-order chi connectivity index (χ0) is 17.9. The third kappa shape index (κ3) is 3.15. The number of halogens is 1. The van der Waals surface area contributed by atoms with Crippen LogP contribution in [0.15, 0.2) is 60.9 Å². The summed E-state index contributed by atoms with van der Waals surface area (Å²) in [6.45, 7) is 2.32. The van der Waals surface area contributed by atoms with Gasteiger partial charge in [0, 0.05) is 38.6 Å². The van der Waals surface area contributed by atoms with E-state index >= 15 is 0 Å². The fraction of sp³-hybridized carbons (Fsp3) is 0.211. The number of hydrogen-bond acceptors (Lipinski definition) is 4. The summed E-state index contributed by atoms with van der Waals surface area (Å²) in [5, 5.41) is 8.54. The van der Waals surface area contributed by atoms with E-state index in [1.165, 1.54) is 12.1 Å². The first-order valence-corrected chi connectivity index (χ1v) is 8.48. The first-order chi connectivity index (χ1) is 12.7. The van der Waals surface area contributed by atoms with Gasteiger partial charge in [-0.1, -0.05) is 12.1 Å². The van der Waals surface area contributed by atoms with Gasteiger partial charge in [-0.05, 0) is 36.4 Å². The van der Waals surface area contributed by atoms with Gasteiger partial charge in [0.25, 0.3) is 5.91 Å². The molecule has 6 nitrogen and oxygen atoms in total. The molecule has 3 heterocycles. The Balaban J connectivity index is 1.40. The second-order valence-corrected chi connectivity index (χ2v) is 6.10.